The minimum Gasteiger partial charge on any atom is -0.444 e. The molecule has 144 valence electrons. The Morgan fingerprint density at radius 1 is 0.889 bits per heavy atom. The molecule has 0 aliphatic heterocycles. The van der Waals surface area contributed by atoms with Gasteiger partial charge in [-0.15, -0.1) is 0 Å². The minimum absolute atomic E-state index is 0.0289. The van der Waals surface area contributed by atoms with Crippen molar-refractivity contribution in [3.8, 4) is 11.1 Å². The molecule has 0 bridgehead atoms. The third kappa shape index (κ3) is 6.13. The number of hydrogen-bond donors (Lipinski definition) is 0. The van der Waals surface area contributed by atoms with Gasteiger partial charge in [0.25, 0.3) is 0 Å². The van der Waals surface area contributed by atoms with Crippen molar-refractivity contribution in [2.45, 2.75) is 32.9 Å². The van der Waals surface area contributed by atoms with E-state index in [-0.39, 0.29) is 12.5 Å². The van der Waals surface area contributed by atoms with Crippen LogP contribution in [0, 0.1) is 0 Å². The second kappa shape index (κ2) is 8.71. The molecule has 27 heavy (non-hydrogen) atoms. The molecule has 0 aliphatic rings. The number of ether oxygens (including phenoxy) is 1. The molecule has 0 saturated heterocycles. The Morgan fingerprint density at radius 3 is 2.11 bits per heavy atom. The lowest BCUT2D eigenvalue weighted by molar-refractivity contribution is -0.131. The molecular weight excluding hydrogens is 340 g/mol. The zero-order chi connectivity index (χ0) is 20.0. The molecule has 0 aromatic heterocycles. The molecule has 0 spiro atoms. The summed E-state index contributed by atoms with van der Waals surface area (Å²) in [5, 5.41) is 0. The molecule has 0 radical (unpaired) electrons. The molecule has 2 aromatic carbocycles. The van der Waals surface area contributed by atoms with Crippen LogP contribution in [0.4, 0.5) is 4.79 Å². The third-order valence-corrected chi connectivity index (χ3v) is 4.01. The fourth-order valence-electron chi connectivity index (χ4n) is 2.63. The van der Waals surface area contributed by atoms with Crippen molar-refractivity contribution in [2.24, 2.45) is 0 Å². The van der Waals surface area contributed by atoms with E-state index < -0.39 is 11.7 Å². The highest BCUT2D eigenvalue weighted by molar-refractivity contribution is 5.82. The monoisotopic (exact) mass is 368 g/mol. The van der Waals surface area contributed by atoms with Crippen molar-refractivity contribution in [1.29, 1.82) is 0 Å². The average molecular weight is 368 g/mol. The van der Waals surface area contributed by atoms with Crippen LogP contribution < -0.4 is 0 Å². The SMILES string of the molecule is CN(Cc1ccccc1-c1ccccc1)C(=O)CN(C)C(=O)OC(C)(C)C. The lowest BCUT2D eigenvalue weighted by atomic mass is 9.99. The van der Waals surface area contributed by atoms with E-state index in [1.54, 1.807) is 39.8 Å². The van der Waals surface area contributed by atoms with Crippen LogP contribution in [0.15, 0.2) is 54.6 Å². The van der Waals surface area contributed by atoms with Crippen LogP contribution in [-0.4, -0.2) is 48.0 Å². The number of carbonyl (C=O) groups is 2. The molecular formula is C22H28N2O3. The molecule has 2 aromatic rings. The Bertz CT molecular complexity index is 782. The van der Waals surface area contributed by atoms with E-state index >= 15 is 0 Å². The van der Waals surface area contributed by atoms with Gasteiger partial charge in [0.1, 0.15) is 12.1 Å². The summed E-state index contributed by atoms with van der Waals surface area (Å²) in [7, 11) is 3.31. The summed E-state index contributed by atoms with van der Waals surface area (Å²) in [5.41, 5.74) is 2.67. The van der Waals surface area contributed by atoms with E-state index in [1.807, 2.05) is 36.4 Å². The van der Waals surface area contributed by atoms with Crippen LogP contribution in [0.2, 0.25) is 0 Å². The quantitative estimate of drug-likeness (QED) is 0.795. The van der Waals surface area contributed by atoms with Crippen LogP contribution in [-0.2, 0) is 16.1 Å². The summed E-state index contributed by atoms with van der Waals surface area (Å²) in [6.45, 7) is 5.83. The van der Waals surface area contributed by atoms with Crippen LogP contribution in [0.25, 0.3) is 11.1 Å². The smallest absolute Gasteiger partial charge is 0.410 e. The van der Waals surface area contributed by atoms with Crippen molar-refractivity contribution in [1.82, 2.24) is 9.80 Å². The maximum absolute atomic E-state index is 12.6. The second-order valence-electron chi connectivity index (χ2n) is 7.61. The molecule has 5 nitrogen and oxygen atoms in total. The fourth-order valence-corrected chi connectivity index (χ4v) is 2.63. The van der Waals surface area contributed by atoms with Gasteiger partial charge < -0.3 is 14.5 Å². The summed E-state index contributed by atoms with van der Waals surface area (Å²) in [4.78, 5) is 27.5. The molecule has 2 amide bonds. The molecule has 0 unspecified atom stereocenters. The van der Waals surface area contributed by atoms with Gasteiger partial charge in [0.2, 0.25) is 5.91 Å². The van der Waals surface area contributed by atoms with Gasteiger partial charge in [-0.1, -0.05) is 54.6 Å². The zero-order valence-electron chi connectivity index (χ0n) is 16.7. The number of rotatable bonds is 5. The van der Waals surface area contributed by atoms with Gasteiger partial charge >= 0.3 is 6.09 Å². The number of amides is 2. The molecule has 0 heterocycles. The van der Waals surface area contributed by atoms with Crippen molar-refractivity contribution < 1.29 is 14.3 Å². The van der Waals surface area contributed by atoms with Crippen molar-refractivity contribution in [3.63, 3.8) is 0 Å². The fraction of sp³-hybridized carbons (Fsp3) is 0.364. The van der Waals surface area contributed by atoms with Gasteiger partial charge in [-0.2, -0.15) is 0 Å². The molecule has 0 atom stereocenters. The molecule has 0 saturated carbocycles. The number of benzene rings is 2. The van der Waals surface area contributed by atoms with Crippen LogP contribution in [0.5, 0.6) is 0 Å². The number of nitrogens with zero attached hydrogens (tertiary/aromatic N) is 2. The maximum atomic E-state index is 12.6. The van der Waals surface area contributed by atoms with E-state index in [1.165, 1.54) is 4.90 Å². The normalized spacial score (nSPS) is 11.0. The van der Waals surface area contributed by atoms with E-state index in [0.717, 1.165) is 16.7 Å². The summed E-state index contributed by atoms with van der Waals surface area (Å²) in [6, 6.07) is 18.1. The predicted octanol–water partition coefficient (Wildman–Crippen LogP) is 4.18. The Hall–Kier alpha value is -2.82. The van der Waals surface area contributed by atoms with Crippen molar-refractivity contribution in [2.75, 3.05) is 20.6 Å². The van der Waals surface area contributed by atoms with E-state index in [2.05, 4.69) is 18.2 Å². The van der Waals surface area contributed by atoms with Crippen LogP contribution in [0.1, 0.15) is 26.3 Å². The van der Waals surface area contributed by atoms with E-state index in [9.17, 15) is 9.59 Å². The summed E-state index contributed by atoms with van der Waals surface area (Å²) in [6.07, 6.45) is -0.506. The molecule has 0 fully saturated rings. The first kappa shape index (κ1) is 20.5. The highest BCUT2D eigenvalue weighted by Gasteiger charge is 2.22. The third-order valence-electron chi connectivity index (χ3n) is 4.01. The Morgan fingerprint density at radius 2 is 1.48 bits per heavy atom. The minimum atomic E-state index is -0.588. The van der Waals surface area contributed by atoms with Gasteiger partial charge in [-0.05, 0) is 37.5 Å². The first-order chi connectivity index (χ1) is 12.7. The van der Waals surface area contributed by atoms with Gasteiger partial charge in [-0.3, -0.25) is 4.79 Å². The lowest BCUT2D eigenvalue weighted by Crippen LogP contribution is -2.41. The number of hydrogen-bond acceptors (Lipinski definition) is 3. The van der Waals surface area contributed by atoms with E-state index in [4.69, 9.17) is 4.74 Å². The Labute approximate surface area is 161 Å². The first-order valence-corrected chi connectivity index (χ1v) is 8.99. The van der Waals surface area contributed by atoms with Gasteiger partial charge in [0.15, 0.2) is 0 Å². The van der Waals surface area contributed by atoms with Gasteiger partial charge in [-0.25, -0.2) is 4.79 Å². The highest BCUT2D eigenvalue weighted by Crippen LogP contribution is 2.24. The van der Waals surface area contributed by atoms with Gasteiger partial charge in [0.05, 0.1) is 0 Å². The zero-order valence-corrected chi connectivity index (χ0v) is 16.7. The number of likely N-dealkylation sites (N-methyl/N-ethyl adjacent to an activating group) is 2. The molecule has 0 aliphatic carbocycles. The standard InChI is InChI=1S/C22H28N2O3/c1-22(2,3)27-21(26)24(5)16-20(25)23(4)15-18-13-9-10-14-19(18)17-11-7-6-8-12-17/h6-14H,15-16H2,1-5H3. The van der Waals surface area contributed by atoms with Crippen LogP contribution >= 0.6 is 0 Å². The largest absolute Gasteiger partial charge is 0.444 e. The molecule has 2 rings (SSSR count). The van der Waals surface area contributed by atoms with Crippen LogP contribution in [0.3, 0.4) is 0 Å². The Balaban J connectivity index is 2.04. The maximum Gasteiger partial charge on any atom is 0.410 e. The number of carbonyl (C=O) groups excluding carboxylic acids is 2. The molecule has 5 heteroatoms. The lowest BCUT2D eigenvalue weighted by Gasteiger charge is -2.26. The summed E-state index contributed by atoms with van der Waals surface area (Å²) in [5.74, 6) is -0.147. The summed E-state index contributed by atoms with van der Waals surface area (Å²) >= 11 is 0. The topological polar surface area (TPSA) is 49.9 Å². The second-order valence-corrected chi connectivity index (χ2v) is 7.61. The van der Waals surface area contributed by atoms with E-state index in [0.29, 0.717) is 6.54 Å². The Kier molecular flexibility index (Phi) is 6.61. The highest BCUT2D eigenvalue weighted by atomic mass is 16.6. The van der Waals surface area contributed by atoms with Gasteiger partial charge in [0, 0.05) is 20.6 Å². The van der Waals surface area contributed by atoms with Crippen molar-refractivity contribution in [3.05, 3.63) is 60.2 Å². The first-order valence-electron chi connectivity index (χ1n) is 8.99. The summed E-state index contributed by atoms with van der Waals surface area (Å²) < 4.78 is 5.29. The van der Waals surface area contributed by atoms with Crippen molar-refractivity contribution >= 4 is 12.0 Å². The predicted molar refractivity (Wildman–Crippen MR) is 107 cm³/mol. The average Bonchev–Trinajstić information content (AvgIpc) is 2.61. The molecule has 0 N–H and O–H groups in total.